The predicted molar refractivity (Wildman–Crippen MR) is 124 cm³/mol. The smallest absolute Gasteiger partial charge is 0.410 e. The topological polar surface area (TPSA) is 68.2 Å². The van der Waals surface area contributed by atoms with Crippen LogP contribution in [0.25, 0.3) is 0 Å². The number of benzene rings is 2. The molecule has 172 valence electrons. The van der Waals surface area contributed by atoms with Gasteiger partial charge in [0.15, 0.2) is 0 Å². The van der Waals surface area contributed by atoms with Gasteiger partial charge in [0.1, 0.15) is 30.3 Å². The summed E-state index contributed by atoms with van der Waals surface area (Å²) in [5.41, 5.74) is 0.499. The molecule has 0 radical (unpaired) electrons. The maximum absolute atomic E-state index is 12.2. The molecule has 1 amide bonds. The Morgan fingerprint density at radius 3 is 2.16 bits per heavy atom. The molecule has 6 heteroatoms. The van der Waals surface area contributed by atoms with E-state index in [2.05, 4.69) is 0 Å². The summed E-state index contributed by atoms with van der Waals surface area (Å²) in [6, 6.07) is 17.5. The molecule has 0 aliphatic carbocycles. The van der Waals surface area contributed by atoms with Crippen molar-refractivity contribution < 1.29 is 24.1 Å². The zero-order chi connectivity index (χ0) is 23.0. The van der Waals surface area contributed by atoms with Crippen LogP contribution in [0.1, 0.15) is 38.7 Å². The van der Waals surface area contributed by atoms with Gasteiger partial charge in [0.2, 0.25) is 0 Å². The maximum Gasteiger partial charge on any atom is 0.410 e. The van der Waals surface area contributed by atoms with Crippen LogP contribution in [0.15, 0.2) is 66.7 Å². The van der Waals surface area contributed by atoms with E-state index >= 15 is 0 Å². The van der Waals surface area contributed by atoms with E-state index in [1.54, 1.807) is 4.90 Å². The van der Waals surface area contributed by atoms with E-state index < -0.39 is 11.7 Å². The maximum atomic E-state index is 12.2. The van der Waals surface area contributed by atoms with Crippen molar-refractivity contribution in [1.29, 1.82) is 0 Å². The number of aliphatic hydroxyl groups excluding tert-OH is 1. The van der Waals surface area contributed by atoms with Crippen LogP contribution in [0.2, 0.25) is 0 Å². The third-order valence-electron chi connectivity index (χ3n) is 5.14. The molecular weight excluding hydrogens is 406 g/mol. The van der Waals surface area contributed by atoms with Crippen molar-refractivity contribution in [2.24, 2.45) is 0 Å². The Kier molecular flexibility index (Phi) is 8.17. The lowest BCUT2D eigenvalue weighted by atomic mass is 9.87. The van der Waals surface area contributed by atoms with Gasteiger partial charge >= 0.3 is 6.09 Å². The van der Waals surface area contributed by atoms with E-state index in [9.17, 15) is 9.90 Å². The molecule has 0 saturated carbocycles. The van der Waals surface area contributed by atoms with Gasteiger partial charge in [-0.1, -0.05) is 30.3 Å². The third kappa shape index (κ3) is 7.31. The summed E-state index contributed by atoms with van der Waals surface area (Å²) in [5, 5.41) is 10.6. The van der Waals surface area contributed by atoms with Crippen LogP contribution in [0.4, 0.5) is 4.79 Å². The fraction of sp³-hybridized carbons (Fsp3) is 0.423. The molecule has 1 N–H and O–H groups in total. The Hall–Kier alpha value is -2.99. The summed E-state index contributed by atoms with van der Waals surface area (Å²) in [4.78, 5) is 13.8. The normalized spacial score (nSPS) is 19.1. The highest BCUT2D eigenvalue weighted by molar-refractivity contribution is 5.68. The van der Waals surface area contributed by atoms with Crippen LogP contribution in [0, 0.1) is 0 Å². The summed E-state index contributed by atoms with van der Waals surface area (Å²) in [5.74, 6) is 1.59. The van der Waals surface area contributed by atoms with Crippen LogP contribution in [0.5, 0.6) is 11.5 Å². The van der Waals surface area contributed by atoms with Crippen molar-refractivity contribution in [2.75, 3.05) is 26.3 Å². The number of ether oxygens (including phenoxy) is 3. The van der Waals surface area contributed by atoms with E-state index in [1.807, 2.05) is 87.5 Å². The summed E-state index contributed by atoms with van der Waals surface area (Å²) >= 11 is 0. The number of rotatable bonds is 7. The Bertz CT molecular complexity index is 873. The highest BCUT2D eigenvalue weighted by Crippen LogP contribution is 2.30. The predicted octanol–water partition coefficient (Wildman–Crippen LogP) is 4.79. The van der Waals surface area contributed by atoms with Gasteiger partial charge in [-0.05, 0) is 69.2 Å². The van der Waals surface area contributed by atoms with E-state index in [-0.39, 0.29) is 18.6 Å². The van der Waals surface area contributed by atoms with Crippen molar-refractivity contribution in [3.8, 4) is 11.5 Å². The largest absolute Gasteiger partial charge is 0.490 e. The minimum Gasteiger partial charge on any atom is -0.490 e. The fourth-order valence-corrected chi connectivity index (χ4v) is 3.57. The molecule has 0 spiro atoms. The monoisotopic (exact) mass is 439 g/mol. The number of β-amino-alcohol motifs (C(OH)–C–C–N with tert-alkyl or cyclic N) is 1. The number of hydrogen-bond acceptors (Lipinski definition) is 5. The highest BCUT2D eigenvalue weighted by Gasteiger charge is 2.33. The number of nitrogens with zero attached hydrogens (tertiary/aromatic N) is 1. The van der Waals surface area contributed by atoms with Gasteiger partial charge in [0, 0.05) is 12.5 Å². The standard InChI is InChI=1S/C26H33NO5/c1-26(2,3)32-25(29)27-16-15-23(24(28)19-27)20-11-13-22(14-12-20)31-18-8-7-17-30-21-9-5-4-6-10-21/h4-14,23-24,28H,15-19H2,1-3H3. The SMILES string of the molecule is CC(C)(C)OC(=O)N1CCC(c2ccc(OCC=CCOc3ccccc3)cc2)C(O)C1. The highest BCUT2D eigenvalue weighted by atomic mass is 16.6. The molecule has 1 heterocycles. The summed E-state index contributed by atoms with van der Waals surface area (Å²) < 4.78 is 16.8. The van der Waals surface area contributed by atoms with Gasteiger partial charge in [-0.15, -0.1) is 0 Å². The zero-order valence-electron chi connectivity index (χ0n) is 19.1. The first-order chi connectivity index (χ1) is 15.3. The van der Waals surface area contributed by atoms with E-state index in [1.165, 1.54) is 0 Å². The Balaban J connectivity index is 1.42. The second-order valence-corrected chi connectivity index (χ2v) is 8.86. The average Bonchev–Trinajstić information content (AvgIpc) is 2.76. The summed E-state index contributed by atoms with van der Waals surface area (Å²) in [6.07, 6.45) is 3.53. The van der Waals surface area contributed by atoms with Gasteiger partial charge in [0.25, 0.3) is 0 Å². The van der Waals surface area contributed by atoms with Crippen molar-refractivity contribution in [3.05, 3.63) is 72.3 Å². The Morgan fingerprint density at radius 2 is 1.59 bits per heavy atom. The first-order valence-electron chi connectivity index (χ1n) is 11.0. The van der Waals surface area contributed by atoms with E-state index in [4.69, 9.17) is 14.2 Å². The molecule has 0 aromatic heterocycles. The molecule has 3 rings (SSSR count). The molecule has 2 aromatic carbocycles. The number of likely N-dealkylation sites (tertiary alicyclic amines) is 1. The molecule has 2 aromatic rings. The van der Waals surface area contributed by atoms with E-state index in [0.717, 1.165) is 17.1 Å². The Labute approximate surface area is 190 Å². The van der Waals surface area contributed by atoms with Crippen LogP contribution in [0.3, 0.4) is 0 Å². The van der Waals surface area contributed by atoms with Crippen LogP contribution >= 0.6 is 0 Å². The first kappa shape index (κ1) is 23.7. The lowest BCUT2D eigenvalue weighted by Gasteiger charge is -2.36. The van der Waals surface area contributed by atoms with Gasteiger partial charge in [-0.3, -0.25) is 0 Å². The molecule has 2 unspecified atom stereocenters. The molecule has 1 fully saturated rings. The molecule has 1 aliphatic heterocycles. The lowest BCUT2D eigenvalue weighted by Crippen LogP contribution is -2.47. The molecule has 32 heavy (non-hydrogen) atoms. The fourth-order valence-electron chi connectivity index (χ4n) is 3.57. The number of hydrogen-bond donors (Lipinski definition) is 1. The third-order valence-corrected chi connectivity index (χ3v) is 5.14. The molecule has 0 bridgehead atoms. The van der Waals surface area contributed by atoms with Gasteiger partial charge in [-0.25, -0.2) is 4.79 Å². The van der Waals surface area contributed by atoms with Gasteiger partial charge in [0.05, 0.1) is 12.6 Å². The van der Waals surface area contributed by atoms with Crippen LogP contribution in [-0.4, -0.2) is 54.1 Å². The van der Waals surface area contributed by atoms with Gasteiger partial charge < -0.3 is 24.2 Å². The minimum absolute atomic E-state index is 0.0160. The molecular formula is C26H33NO5. The van der Waals surface area contributed by atoms with Crippen LogP contribution < -0.4 is 9.47 Å². The number of aliphatic hydroxyl groups is 1. The minimum atomic E-state index is -0.629. The lowest BCUT2D eigenvalue weighted by molar-refractivity contribution is -0.00152. The van der Waals surface area contributed by atoms with Crippen LogP contribution in [-0.2, 0) is 4.74 Å². The molecule has 1 saturated heterocycles. The second kappa shape index (κ2) is 11.0. The second-order valence-electron chi connectivity index (χ2n) is 8.86. The summed E-state index contributed by atoms with van der Waals surface area (Å²) in [7, 11) is 0. The molecule has 2 atom stereocenters. The van der Waals surface area contributed by atoms with Crippen molar-refractivity contribution in [2.45, 2.75) is 44.8 Å². The summed E-state index contributed by atoms with van der Waals surface area (Å²) in [6.45, 7) is 7.29. The number of carbonyl (C=O) groups is 1. The quantitative estimate of drug-likeness (QED) is 0.629. The van der Waals surface area contributed by atoms with Crippen molar-refractivity contribution in [1.82, 2.24) is 4.90 Å². The van der Waals surface area contributed by atoms with Gasteiger partial charge in [-0.2, -0.15) is 0 Å². The number of carbonyl (C=O) groups excluding carboxylic acids is 1. The zero-order valence-corrected chi connectivity index (χ0v) is 19.1. The van der Waals surface area contributed by atoms with Crippen molar-refractivity contribution in [3.63, 3.8) is 0 Å². The first-order valence-corrected chi connectivity index (χ1v) is 11.0. The average molecular weight is 440 g/mol. The Morgan fingerprint density at radius 1 is 1.00 bits per heavy atom. The number of amides is 1. The van der Waals surface area contributed by atoms with E-state index in [0.29, 0.717) is 26.2 Å². The molecule has 6 nitrogen and oxygen atoms in total. The number of para-hydroxylation sites is 1. The number of piperidine rings is 1. The van der Waals surface area contributed by atoms with Crippen molar-refractivity contribution >= 4 is 6.09 Å². The molecule has 1 aliphatic rings.